The van der Waals surface area contributed by atoms with E-state index in [1.165, 1.54) is 11.1 Å². The molecule has 0 saturated heterocycles. The van der Waals surface area contributed by atoms with E-state index in [2.05, 4.69) is 118 Å². The van der Waals surface area contributed by atoms with E-state index in [1.54, 1.807) is 0 Å². The highest BCUT2D eigenvalue weighted by atomic mass is 16.1. The SMILES string of the molecule is C#CC#CC#CC#CC#CC#CC#C.CCCC(=O)C(CC)=C(CCC)CCC.CCCC(=O)CCC.Cc1ccccc1. The number of terminal acetylenes is 2. The molecule has 2 nitrogen and oxygen atoms in total. The van der Waals surface area contributed by atoms with Gasteiger partial charge in [0.05, 0.1) is 0 Å². The number of allylic oxidation sites excluding steroid dienone is 2. The van der Waals surface area contributed by atoms with Gasteiger partial charge in [0, 0.05) is 19.3 Å². The van der Waals surface area contributed by atoms with Crippen molar-refractivity contribution in [3.8, 4) is 83.9 Å². The Labute approximate surface area is 270 Å². The fourth-order valence-electron chi connectivity index (χ4n) is 3.59. The molecule has 1 rings (SSSR count). The van der Waals surface area contributed by atoms with E-state index in [0.29, 0.717) is 11.6 Å². The third-order valence-corrected chi connectivity index (χ3v) is 5.40. The Bertz CT molecular complexity index is 1290. The second-order valence-electron chi connectivity index (χ2n) is 9.34. The van der Waals surface area contributed by atoms with E-state index in [9.17, 15) is 9.59 Å². The molecule has 1 aromatic rings. The minimum atomic E-state index is 0.386. The number of rotatable bonds is 12. The summed E-state index contributed by atoms with van der Waals surface area (Å²) in [6, 6.07) is 10.3. The lowest BCUT2D eigenvalue weighted by molar-refractivity contribution is -0.119. The Hall–Kier alpha value is -4.78. The minimum Gasteiger partial charge on any atom is -0.300 e. The summed E-state index contributed by atoms with van der Waals surface area (Å²) >= 11 is 0. The fourth-order valence-corrected chi connectivity index (χ4v) is 3.59. The van der Waals surface area contributed by atoms with E-state index in [-0.39, 0.29) is 0 Å². The number of Topliss-reactive ketones (excluding diaryl/α,β-unsaturated/α-hetero) is 2. The highest BCUT2D eigenvalue weighted by Crippen LogP contribution is 2.21. The van der Waals surface area contributed by atoms with Crippen LogP contribution >= 0.6 is 0 Å². The van der Waals surface area contributed by atoms with Crippen LogP contribution in [0.2, 0.25) is 0 Å². The zero-order chi connectivity index (χ0) is 33.7. The summed E-state index contributed by atoms with van der Waals surface area (Å²) in [7, 11) is 0. The van der Waals surface area contributed by atoms with Crippen LogP contribution in [0, 0.1) is 90.8 Å². The summed E-state index contributed by atoms with van der Waals surface area (Å²) in [6.45, 7) is 14.7. The van der Waals surface area contributed by atoms with Crippen molar-refractivity contribution in [3.05, 3.63) is 47.0 Å². The van der Waals surface area contributed by atoms with Gasteiger partial charge < -0.3 is 0 Å². The lowest BCUT2D eigenvalue weighted by Crippen LogP contribution is -2.05. The quantitative estimate of drug-likeness (QED) is 0.181. The molecule has 44 heavy (non-hydrogen) atoms. The fraction of sp³-hybridized carbons (Fsp3) is 0.429. The van der Waals surface area contributed by atoms with Gasteiger partial charge in [0.15, 0.2) is 5.78 Å². The van der Waals surface area contributed by atoms with Crippen LogP contribution in [-0.4, -0.2) is 11.6 Å². The zero-order valence-corrected chi connectivity index (χ0v) is 28.1. The molecule has 0 atom stereocenters. The zero-order valence-electron chi connectivity index (χ0n) is 28.1. The highest BCUT2D eigenvalue weighted by Gasteiger charge is 2.11. The number of carbonyl (C=O) groups is 2. The first-order chi connectivity index (χ1) is 21.3. The third-order valence-electron chi connectivity index (χ3n) is 5.40. The lowest BCUT2D eigenvalue weighted by Gasteiger charge is -2.12. The molecule has 0 heterocycles. The van der Waals surface area contributed by atoms with Crippen molar-refractivity contribution in [2.24, 2.45) is 0 Å². The van der Waals surface area contributed by atoms with Crippen LogP contribution in [0.15, 0.2) is 41.5 Å². The van der Waals surface area contributed by atoms with Crippen LogP contribution in [0.3, 0.4) is 0 Å². The lowest BCUT2D eigenvalue weighted by atomic mass is 9.93. The summed E-state index contributed by atoms with van der Waals surface area (Å²) in [5, 5.41) is 0. The maximum atomic E-state index is 11.9. The maximum Gasteiger partial charge on any atom is 0.158 e. The summed E-state index contributed by atoms with van der Waals surface area (Å²) in [5.41, 5.74) is 3.86. The predicted molar refractivity (Wildman–Crippen MR) is 190 cm³/mol. The Balaban J connectivity index is -0.000000533. The molecule has 2 heteroatoms. The average Bonchev–Trinajstić information content (AvgIpc) is 3.01. The van der Waals surface area contributed by atoms with Crippen LogP contribution in [-0.2, 0) is 9.59 Å². The topological polar surface area (TPSA) is 34.1 Å². The molecule has 0 aromatic heterocycles. The van der Waals surface area contributed by atoms with E-state index < -0.39 is 0 Å². The first-order valence-electron chi connectivity index (χ1n) is 15.5. The number of hydrogen-bond donors (Lipinski definition) is 0. The van der Waals surface area contributed by atoms with Crippen LogP contribution < -0.4 is 0 Å². The minimum absolute atomic E-state index is 0.386. The smallest absolute Gasteiger partial charge is 0.158 e. The van der Waals surface area contributed by atoms with Crippen LogP contribution in [0.5, 0.6) is 0 Å². The van der Waals surface area contributed by atoms with Gasteiger partial charge >= 0.3 is 0 Å². The number of carbonyl (C=O) groups excluding carboxylic acids is 2. The molecule has 1 aromatic carbocycles. The molecule has 0 spiro atoms. The molecular formula is C42H50O2. The molecule has 0 aliphatic heterocycles. The third kappa shape index (κ3) is 31.7. The summed E-state index contributed by atoms with van der Waals surface area (Å²) in [6.07, 6.45) is 20.4. The van der Waals surface area contributed by atoms with Gasteiger partial charge in [-0.2, -0.15) is 0 Å². The standard InChI is InChI=1S/C14H26O.C14H2.C7H14O.C7H8/c1-5-9-12(10-6-2)13(8-4)14(15)11-7-3;1-3-5-7-9-11-13-14-12-10-8-6-4-2;1-3-5-7(8)6-4-2;1-7-5-3-2-4-6-7/h5-11H2,1-4H3;1-2H;3-6H2,1-2H3;2-6H,1H3. The summed E-state index contributed by atoms with van der Waals surface area (Å²) < 4.78 is 0. The maximum absolute atomic E-state index is 11.9. The predicted octanol–water partition coefficient (Wildman–Crippen LogP) is 9.08. The summed E-state index contributed by atoms with van der Waals surface area (Å²) in [4.78, 5) is 22.6. The van der Waals surface area contributed by atoms with Gasteiger partial charge in [-0.25, -0.2) is 0 Å². The van der Waals surface area contributed by atoms with E-state index >= 15 is 0 Å². The molecule has 0 N–H and O–H groups in total. The van der Waals surface area contributed by atoms with Gasteiger partial charge in [-0.15, -0.1) is 12.8 Å². The number of aryl methyl sites for hydroxylation is 1. The van der Waals surface area contributed by atoms with Gasteiger partial charge in [0.1, 0.15) is 5.78 Å². The molecule has 0 aliphatic carbocycles. The van der Waals surface area contributed by atoms with Crippen molar-refractivity contribution >= 4 is 11.6 Å². The molecular weight excluding hydrogens is 536 g/mol. The van der Waals surface area contributed by atoms with Crippen molar-refractivity contribution in [2.45, 2.75) is 119 Å². The van der Waals surface area contributed by atoms with Gasteiger partial charge in [-0.05, 0) is 122 Å². The van der Waals surface area contributed by atoms with Gasteiger partial charge in [0.25, 0.3) is 0 Å². The van der Waals surface area contributed by atoms with Crippen molar-refractivity contribution in [3.63, 3.8) is 0 Å². The first-order valence-corrected chi connectivity index (χ1v) is 15.5. The first kappa shape index (κ1) is 43.7. The van der Waals surface area contributed by atoms with Crippen molar-refractivity contribution in [2.75, 3.05) is 0 Å². The number of hydrogen-bond acceptors (Lipinski definition) is 2. The van der Waals surface area contributed by atoms with Crippen LogP contribution in [0.4, 0.5) is 0 Å². The highest BCUT2D eigenvalue weighted by molar-refractivity contribution is 5.95. The Kier molecular flexibility index (Phi) is 36.0. The number of benzene rings is 1. The monoisotopic (exact) mass is 586 g/mol. The van der Waals surface area contributed by atoms with Crippen molar-refractivity contribution in [1.29, 1.82) is 0 Å². The molecule has 0 aliphatic rings. The molecule has 0 unspecified atom stereocenters. The molecule has 0 saturated carbocycles. The van der Waals surface area contributed by atoms with Crippen molar-refractivity contribution < 1.29 is 9.59 Å². The largest absolute Gasteiger partial charge is 0.300 e. The van der Waals surface area contributed by atoms with Gasteiger partial charge in [-0.3, -0.25) is 9.59 Å². The van der Waals surface area contributed by atoms with Crippen LogP contribution in [0.1, 0.15) is 118 Å². The summed E-state index contributed by atoms with van der Waals surface area (Å²) in [5.74, 6) is 29.1. The second kappa shape index (κ2) is 36.2. The van der Waals surface area contributed by atoms with Crippen molar-refractivity contribution in [1.82, 2.24) is 0 Å². The van der Waals surface area contributed by atoms with Gasteiger partial charge in [0.2, 0.25) is 0 Å². The average molecular weight is 587 g/mol. The van der Waals surface area contributed by atoms with Crippen LogP contribution in [0.25, 0.3) is 0 Å². The molecule has 0 fully saturated rings. The number of ketones is 2. The molecule has 0 radical (unpaired) electrons. The van der Waals surface area contributed by atoms with Gasteiger partial charge in [-0.1, -0.05) is 95.9 Å². The Morgan fingerprint density at radius 2 is 0.909 bits per heavy atom. The Morgan fingerprint density at radius 1 is 0.545 bits per heavy atom. The second-order valence-corrected chi connectivity index (χ2v) is 9.34. The molecule has 0 bridgehead atoms. The molecule has 230 valence electrons. The Morgan fingerprint density at radius 3 is 1.18 bits per heavy atom. The van der Waals surface area contributed by atoms with E-state index in [1.807, 2.05) is 32.0 Å². The normalized spacial score (nSPS) is 7.66. The van der Waals surface area contributed by atoms with E-state index in [4.69, 9.17) is 12.8 Å². The molecule has 0 amide bonds. The van der Waals surface area contributed by atoms with E-state index in [0.717, 1.165) is 76.2 Å².